The third kappa shape index (κ3) is 1.56. The van der Waals surface area contributed by atoms with E-state index in [-0.39, 0.29) is 0 Å². The van der Waals surface area contributed by atoms with E-state index < -0.39 is 0 Å². The molecule has 86 valence electrons. The molecule has 0 N–H and O–H groups in total. The molecule has 3 nitrogen and oxygen atoms in total. The Morgan fingerprint density at radius 2 is 2.00 bits per heavy atom. The predicted octanol–water partition coefficient (Wildman–Crippen LogP) is 3.21. The van der Waals surface area contributed by atoms with Crippen molar-refractivity contribution in [3.63, 3.8) is 0 Å². The van der Waals surface area contributed by atoms with Gasteiger partial charge in [-0.25, -0.2) is 4.68 Å². The third-order valence-electron chi connectivity index (χ3n) is 3.03. The van der Waals surface area contributed by atoms with Gasteiger partial charge in [-0.3, -0.25) is 0 Å². The van der Waals surface area contributed by atoms with Crippen molar-refractivity contribution in [2.75, 3.05) is 0 Å². The summed E-state index contributed by atoms with van der Waals surface area (Å²) < 4.78 is 1.91. The molecular formula is C15H11N3. The maximum Gasteiger partial charge on any atom is 0.0991 e. The summed E-state index contributed by atoms with van der Waals surface area (Å²) in [6, 6.07) is 15.9. The van der Waals surface area contributed by atoms with Crippen molar-refractivity contribution in [3.05, 3.63) is 59.8 Å². The van der Waals surface area contributed by atoms with E-state index in [0.717, 1.165) is 22.2 Å². The minimum Gasteiger partial charge on any atom is -0.233 e. The number of hydrogen-bond acceptors (Lipinski definition) is 2. The molecule has 0 spiro atoms. The zero-order valence-electron chi connectivity index (χ0n) is 9.96. The van der Waals surface area contributed by atoms with E-state index in [0.29, 0.717) is 5.56 Å². The van der Waals surface area contributed by atoms with Gasteiger partial charge in [0.1, 0.15) is 0 Å². The fraction of sp³-hybridized carbons (Fsp3) is 0.0667. The molecule has 2 aromatic carbocycles. The average Bonchev–Trinajstić information content (AvgIpc) is 2.82. The molecule has 0 bridgehead atoms. The topological polar surface area (TPSA) is 41.6 Å². The van der Waals surface area contributed by atoms with Crippen LogP contribution in [0.4, 0.5) is 0 Å². The number of nitrogens with zero attached hydrogens (tertiary/aromatic N) is 3. The van der Waals surface area contributed by atoms with E-state index in [1.807, 2.05) is 60.3 Å². The number of nitriles is 1. The average molecular weight is 233 g/mol. The summed E-state index contributed by atoms with van der Waals surface area (Å²) in [4.78, 5) is 0. The fourth-order valence-corrected chi connectivity index (χ4v) is 2.13. The third-order valence-corrected chi connectivity index (χ3v) is 3.03. The second kappa shape index (κ2) is 4.01. The van der Waals surface area contributed by atoms with Crippen LogP contribution in [0.15, 0.2) is 48.7 Å². The van der Waals surface area contributed by atoms with Gasteiger partial charge in [-0.15, -0.1) is 0 Å². The standard InChI is InChI=1S/C15H11N3/c1-11-8-12(9-16)6-7-14(11)18-15-5-3-2-4-13(15)10-17-18/h2-8,10H,1H3. The highest BCUT2D eigenvalue weighted by Gasteiger charge is 2.07. The fourth-order valence-electron chi connectivity index (χ4n) is 2.13. The van der Waals surface area contributed by atoms with Gasteiger partial charge in [-0.05, 0) is 36.8 Å². The smallest absolute Gasteiger partial charge is 0.0991 e. The zero-order valence-corrected chi connectivity index (χ0v) is 9.96. The van der Waals surface area contributed by atoms with Crippen LogP contribution in [0, 0.1) is 18.3 Å². The van der Waals surface area contributed by atoms with Gasteiger partial charge < -0.3 is 0 Å². The molecule has 0 radical (unpaired) electrons. The SMILES string of the molecule is Cc1cc(C#N)ccc1-n1ncc2ccccc21. The van der Waals surface area contributed by atoms with Crippen molar-refractivity contribution in [3.8, 4) is 11.8 Å². The van der Waals surface area contributed by atoms with E-state index in [1.54, 1.807) is 0 Å². The van der Waals surface area contributed by atoms with Crippen LogP contribution in [0.2, 0.25) is 0 Å². The molecule has 3 heteroatoms. The van der Waals surface area contributed by atoms with Crippen molar-refractivity contribution < 1.29 is 0 Å². The molecule has 0 saturated heterocycles. The predicted molar refractivity (Wildman–Crippen MR) is 70.5 cm³/mol. The molecule has 0 aliphatic rings. The number of aromatic nitrogens is 2. The summed E-state index contributed by atoms with van der Waals surface area (Å²) in [5, 5.41) is 14.4. The lowest BCUT2D eigenvalue weighted by Crippen LogP contribution is -1.99. The van der Waals surface area contributed by atoms with Gasteiger partial charge in [-0.1, -0.05) is 18.2 Å². The van der Waals surface area contributed by atoms with Crippen molar-refractivity contribution >= 4 is 10.9 Å². The number of benzene rings is 2. The summed E-state index contributed by atoms with van der Waals surface area (Å²) in [5.41, 5.74) is 3.80. The minimum absolute atomic E-state index is 0.674. The first-order valence-corrected chi connectivity index (χ1v) is 5.73. The van der Waals surface area contributed by atoms with Gasteiger partial charge in [0.25, 0.3) is 0 Å². The van der Waals surface area contributed by atoms with Crippen molar-refractivity contribution in [2.24, 2.45) is 0 Å². The number of hydrogen-bond donors (Lipinski definition) is 0. The Kier molecular flexibility index (Phi) is 2.35. The molecule has 0 atom stereocenters. The van der Waals surface area contributed by atoms with Gasteiger partial charge in [0, 0.05) is 5.39 Å². The first-order chi connectivity index (χ1) is 8.79. The number of rotatable bonds is 1. The second-order valence-electron chi connectivity index (χ2n) is 4.23. The zero-order chi connectivity index (χ0) is 12.5. The molecule has 3 aromatic rings. The van der Waals surface area contributed by atoms with Crippen LogP contribution >= 0.6 is 0 Å². The largest absolute Gasteiger partial charge is 0.233 e. The maximum atomic E-state index is 8.88. The quantitative estimate of drug-likeness (QED) is 0.647. The summed E-state index contributed by atoms with van der Waals surface area (Å²) in [7, 11) is 0. The van der Waals surface area contributed by atoms with Crippen LogP contribution in [0.1, 0.15) is 11.1 Å². The van der Waals surface area contributed by atoms with Crippen molar-refractivity contribution in [2.45, 2.75) is 6.92 Å². The Morgan fingerprint density at radius 3 is 2.78 bits per heavy atom. The van der Waals surface area contributed by atoms with Crippen LogP contribution < -0.4 is 0 Å². The lowest BCUT2D eigenvalue weighted by atomic mass is 10.1. The lowest BCUT2D eigenvalue weighted by Gasteiger charge is -2.07. The van der Waals surface area contributed by atoms with Crippen LogP contribution in [0.5, 0.6) is 0 Å². The molecule has 0 amide bonds. The van der Waals surface area contributed by atoms with E-state index >= 15 is 0 Å². The highest BCUT2D eigenvalue weighted by Crippen LogP contribution is 2.21. The molecule has 1 heterocycles. The molecule has 0 unspecified atom stereocenters. The molecule has 0 fully saturated rings. The van der Waals surface area contributed by atoms with Gasteiger partial charge in [-0.2, -0.15) is 10.4 Å². The van der Waals surface area contributed by atoms with E-state index in [9.17, 15) is 0 Å². The van der Waals surface area contributed by atoms with Gasteiger partial charge in [0.2, 0.25) is 0 Å². The Bertz CT molecular complexity index is 763. The molecule has 18 heavy (non-hydrogen) atoms. The molecule has 0 aliphatic carbocycles. The Morgan fingerprint density at radius 1 is 1.17 bits per heavy atom. The number of aryl methyl sites for hydroxylation is 1. The highest BCUT2D eigenvalue weighted by molar-refractivity contribution is 5.80. The van der Waals surface area contributed by atoms with E-state index in [1.165, 1.54) is 0 Å². The summed E-state index contributed by atoms with van der Waals surface area (Å²) in [6.45, 7) is 1.99. The lowest BCUT2D eigenvalue weighted by molar-refractivity contribution is 0.902. The summed E-state index contributed by atoms with van der Waals surface area (Å²) in [5.74, 6) is 0. The summed E-state index contributed by atoms with van der Waals surface area (Å²) >= 11 is 0. The summed E-state index contributed by atoms with van der Waals surface area (Å²) in [6.07, 6.45) is 1.85. The molecule has 3 rings (SSSR count). The Balaban J connectivity index is 2.24. The van der Waals surface area contributed by atoms with Crippen LogP contribution in [0.3, 0.4) is 0 Å². The van der Waals surface area contributed by atoms with Crippen molar-refractivity contribution in [1.82, 2.24) is 9.78 Å². The van der Waals surface area contributed by atoms with Gasteiger partial charge >= 0.3 is 0 Å². The van der Waals surface area contributed by atoms with E-state index in [4.69, 9.17) is 5.26 Å². The number of para-hydroxylation sites is 1. The van der Waals surface area contributed by atoms with Crippen LogP contribution in [-0.4, -0.2) is 9.78 Å². The van der Waals surface area contributed by atoms with Crippen LogP contribution in [-0.2, 0) is 0 Å². The first-order valence-electron chi connectivity index (χ1n) is 5.73. The highest BCUT2D eigenvalue weighted by atomic mass is 15.3. The van der Waals surface area contributed by atoms with Crippen molar-refractivity contribution in [1.29, 1.82) is 5.26 Å². The molecular weight excluding hydrogens is 222 g/mol. The van der Waals surface area contributed by atoms with Crippen LogP contribution in [0.25, 0.3) is 16.6 Å². The maximum absolute atomic E-state index is 8.88. The monoisotopic (exact) mass is 233 g/mol. The van der Waals surface area contributed by atoms with Gasteiger partial charge in [0.15, 0.2) is 0 Å². The minimum atomic E-state index is 0.674. The second-order valence-corrected chi connectivity index (χ2v) is 4.23. The van der Waals surface area contributed by atoms with Gasteiger partial charge in [0.05, 0.1) is 29.0 Å². The molecule has 0 aliphatic heterocycles. The molecule has 0 saturated carbocycles. The Hall–Kier alpha value is -2.60. The molecule has 1 aromatic heterocycles. The normalized spacial score (nSPS) is 10.4. The Labute approximate surface area is 105 Å². The first kappa shape index (κ1) is 10.5. The van der Waals surface area contributed by atoms with E-state index in [2.05, 4.69) is 11.2 Å². The number of fused-ring (bicyclic) bond motifs is 1.